The van der Waals surface area contributed by atoms with Crippen LogP contribution in [0.15, 0.2) is 47.6 Å². The molecule has 2 heterocycles. The van der Waals surface area contributed by atoms with Crippen LogP contribution in [-0.2, 0) is 17.2 Å². The number of alkyl halides is 3. The lowest BCUT2D eigenvalue weighted by Gasteiger charge is -2.10. The lowest BCUT2D eigenvalue weighted by molar-refractivity contribution is -0.137. The third-order valence-electron chi connectivity index (χ3n) is 3.34. The van der Waals surface area contributed by atoms with Crippen molar-refractivity contribution >= 4 is 33.6 Å². The number of benzene rings is 1. The van der Waals surface area contributed by atoms with E-state index in [0.29, 0.717) is 16.7 Å². The first-order chi connectivity index (χ1) is 10.8. The summed E-state index contributed by atoms with van der Waals surface area (Å²) in [7, 11) is -1.62. The van der Waals surface area contributed by atoms with E-state index in [1.807, 2.05) is 0 Å². The summed E-state index contributed by atoms with van der Waals surface area (Å²) in [4.78, 5) is 4.36. The molecule has 3 nitrogen and oxygen atoms in total. The minimum absolute atomic E-state index is 0.155. The Hall–Kier alpha value is -1.86. The molecule has 23 heavy (non-hydrogen) atoms. The van der Waals surface area contributed by atoms with Gasteiger partial charge in [-0.15, -0.1) is 0 Å². The van der Waals surface area contributed by atoms with Gasteiger partial charge in [0.25, 0.3) is 0 Å². The summed E-state index contributed by atoms with van der Waals surface area (Å²) < 4.78 is 52.8. The Labute approximate surface area is 137 Å². The first-order valence-electron chi connectivity index (χ1n) is 6.51. The molecular weight excluding hydrogens is 349 g/mol. The Morgan fingerprint density at radius 1 is 1.22 bits per heavy atom. The quantitative estimate of drug-likeness (QED) is 0.671. The third kappa shape index (κ3) is 2.74. The largest absolute Gasteiger partial charge is 0.419 e. The number of hydrogen-bond donors (Lipinski definition) is 0. The topological polar surface area (TPSA) is 34.9 Å². The van der Waals surface area contributed by atoms with Crippen LogP contribution < -0.4 is 0 Å². The number of nitrogens with zero attached hydrogens (tertiary/aromatic N) is 2. The van der Waals surface area contributed by atoms with Gasteiger partial charge in [-0.05, 0) is 24.6 Å². The second-order valence-electron chi connectivity index (χ2n) is 4.88. The van der Waals surface area contributed by atoms with E-state index >= 15 is 0 Å². The highest BCUT2D eigenvalue weighted by molar-refractivity contribution is 7.83. The second-order valence-corrected chi connectivity index (χ2v) is 6.62. The minimum Gasteiger partial charge on any atom is -0.246 e. The lowest BCUT2D eigenvalue weighted by atomic mass is 10.2. The Morgan fingerprint density at radius 3 is 2.48 bits per heavy atom. The molecule has 3 aromatic rings. The van der Waals surface area contributed by atoms with Gasteiger partial charge in [0, 0.05) is 17.8 Å². The normalized spacial score (nSPS) is 13.4. The molecule has 0 saturated carbocycles. The van der Waals surface area contributed by atoms with Crippen molar-refractivity contribution in [1.29, 1.82) is 0 Å². The summed E-state index contributed by atoms with van der Waals surface area (Å²) >= 11 is 5.92. The molecule has 1 atom stereocenters. The molecule has 0 saturated heterocycles. The van der Waals surface area contributed by atoms with Crippen molar-refractivity contribution in [2.45, 2.75) is 18.0 Å². The van der Waals surface area contributed by atoms with E-state index in [-0.39, 0.29) is 11.0 Å². The van der Waals surface area contributed by atoms with Crippen LogP contribution >= 0.6 is 11.6 Å². The van der Waals surface area contributed by atoms with E-state index in [9.17, 15) is 17.4 Å². The van der Waals surface area contributed by atoms with Crippen LogP contribution in [-0.4, -0.2) is 13.2 Å². The van der Waals surface area contributed by atoms with Crippen LogP contribution in [0.2, 0.25) is 5.02 Å². The molecule has 8 heteroatoms. The fourth-order valence-corrected chi connectivity index (χ4v) is 3.83. The standard InChI is InChI=1S/C15H10ClF3N2OS/c1-9-8-21(23(22)10-5-3-2-4-6-10)14-12(9)13(16)11(7-20-14)15(17,18)19/h2-8H,1H3. The highest BCUT2D eigenvalue weighted by Crippen LogP contribution is 2.39. The van der Waals surface area contributed by atoms with Gasteiger partial charge in [0.1, 0.15) is 0 Å². The fourth-order valence-electron chi connectivity index (χ4n) is 2.27. The maximum Gasteiger partial charge on any atom is 0.419 e. The number of hydrogen-bond acceptors (Lipinski definition) is 2. The van der Waals surface area contributed by atoms with Crippen LogP contribution in [0.5, 0.6) is 0 Å². The Kier molecular flexibility index (Phi) is 3.93. The molecule has 0 aliphatic heterocycles. The molecule has 0 aliphatic rings. The third-order valence-corrected chi connectivity index (χ3v) is 5.04. The lowest BCUT2D eigenvalue weighted by Crippen LogP contribution is -2.08. The van der Waals surface area contributed by atoms with Gasteiger partial charge in [-0.2, -0.15) is 13.2 Å². The molecule has 0 fully saturated rings. The van der Waals surface area contributed by atoms with Gasteiger partial charge >= 0.3 is 6.18 Å². The fraction of sp³-hybridized carbons (Fsp3) is 0.133. The van der Waals surface area contributed by atoms with E-state index in [0.717, 1.165) is 0 Å². The smallest absolute Gasteiger partial charge is 0.246 e. The molecule has 0 bridgehead atoms. The predicted octanol–water partition coefficient (Wildman–Crippen LogP) is 4.59. The Morgan fingerprint density at radius 2 is 1.87 bits per heavy atom. The van der Waals surface area contributed by atoms with Crippen molar-refractivity contribution in [2.24, 2.45) is 0 Å². The van der Waals surface area contributed by atoms with Gasteiger partial charge in [0.05, 0.1) is 15.5 Å². The molecule has 1 unspecified atom stereocenters. The van der Waals surface area contributed by atoms with Gasteiger partial charge in [-0.3, -0.25) is 0 Å². The first kappa shape index (κ1) is 16.0. The van der Waals surface area contributed by atoms with E-state index in [4.69, 9.17) is 11.6 Å². The highest BCUT2D eigenvalue weighted by Gasteiger charge is 2.35. The summed E-state index contributed by atoms with van der Waals surface area (Å²) in [6.45, 7) is 1.61. The van der Waals surface area contributed by atoms with Crippen molar-refractivity contribution in [2.75, 3.05) is 0 Å². The minimum atomic E-state index is -4.59. The van der Waals surface area contributed by atoms with Crippen molar-refractivity contribution in [1.82, 2.24) is 8.96 Å². The zero-order valence-electron chi connectivity index (χ0n) is 11.8. The van der Waals surface area contributed by atoms with Gasteiger partial charge in [-0.1, -0.05) is 29.8 Å². The number of rotatable bonds is 2. The summed E-state index contributed by atoms with van der Waals surface area (Å²) in [5.41, 5.74) is -0.367. The predicted molar refractivity (Wildman–Crippen MR) is 82.7 cm³/mol. The molecule has 0 amide bonds. The maximum atomic E-state index is 12.9. The molecule has 2 aromatic heterocycles. The average molecular weight is 359 g/mol. The van der Waals surface area contributed by atoms with Gasteiger partial charge in [0.15, 0.2) is 16.6 Å². The summed E-state index contributed by atoms with van der Waals surface area (Å²) in [6.07, 6.45) is -2.43. The van der Waals surface area contributed by atoms with Crippen LogP contribution in [0.4, 0.5) is 13.2 Å². The Bertz CT molecular complexity index is 906. The second kappa shape index (κ2) is 5.65. The maximum absolute atomic E-state index is 12.9. The summed E-state index contributed by atoms with van der Waals surface area (Å²) in [5.74, 6) is 0. The molecule has 0 spiro atoms. The van der Waals surface area contributed by atoms with Crippen LogP contribution in [0.3, 0.4) is 0 Å². The molecule has 0 N–H and O–H groups in total. The van der Waals surface area contributed by atoms with Crippen molar-refractivity contribution in [3.05, 3.63) is 58.9 Å². The molecule has 120 valence electrons. The van der Waals surface area contributed by atoms with E-state index in [2.05, 4.69) is 4.98 Å². The highest BCUT2D eigenvalue weighted by atomic mass is 35.5. The van der Waals surface area contributed by atoms with Gasteiger partial charge < -0.3 is 0 Å². The van der Waals surface area contributed by atoms with E-state index in [1.54, 1.807) is 37.3 Å². The number of halogens is 4. The van der Waals surface area contributed by atoms with Crippen LogP contribution in [0, 0.1) is 6.92 Å². The summed E-state index contributed by atoms with van der Waals surface area (Å²) in [6, 6.07) is 8.58. The number of pyridine rings is 1. The summed E-state index contributed by atoms with van der Waals surface area (Å²) in [5, 5.41) is -0.269. The van der Waals surface area contributed by atoms with E-state index < -0.39 is 27.7 Å². The number of fused-ring (bicyclic) bond motifs is 1. The van der Waals surface area contributed by atoms with Crippen LogP contribution in [0.25, 0.3) is 11.0 Å². The van der Waals surface area contributed by atoms with Crippen LogP contribution in [0.1, 0.15) is 11.1 Å². The molecule has 3 rings (SSSR count). The van der Waals surface area contributed by atoms with Crippen molar-refractivity contribution in [3.63, 3.8) is 0 Å². The monoisotopic (exact) mass is 358 g/mol. The SMILES string of the molecule is Cc1cn(S(=O)c2ccccc2)c2ncc(C(F)(F)F)c(Cl)c12. The average Bonchev–Trinajstić information content (AvgIpc) is 2.84. The number of aromatic nitrogens is 2. The Balaban J connectivity index is 2.22. The van der Waals surface area contributed by atoms with Crippen molar-refractivity contribution < 1.29 is 17.4 Å². The zero-order chi connectivity index (χ0) is 16.8. The molecular formula is C15H10ClF3N2OS. The van der Waals surface area contributed by atoms with E-state index in [1.165, 1.54) is 10.2 Å². The van der Waals surface area contributed by atoms with Gasteiger partial charge in [-0.25, -0.2) is 13.2 Å². The molecule has 0 aliphatic carbocycles. The van der Waals surface area contributed by atoms with Gasteiger partial charge in [0.2, 0.25) is 0 Å². The molecule has 1 aromatic carbocycles. The van der Waals surface area contributed by atoms with Crippen molar-refractivity contribution in [3.8, 4) is 0 Å². The first-order valence-corrected chi connectivity index (χ1v) is 8.00. The molecule has 0 radical (unpaired) electrons. The zero-order valence-corrected chi connectivity index (χ0v) is 13.3. The number of aryl methyl sites for hydroxylation is 1.